The number of benzene rings is 2. The molecule has 0 unspecified atom stereocenters. The highest BCUT2D eigenvalue weighted by molar-refractivity contribution is 8.19. The van der Waals surface area contributed by atoms with E-state index in [2.05, 4.69) is 5.32 Å². The second-order valence-electron chi connectivity index (χ2n) is 6.20. The summed E-state index contributed by atoms with van der Waals surface area (Å²) >= 11 is 0.839. The first kappa shape index (κ1) is 21.3. The van der Waals surface area contributed by atoms with Crippen LogP contribution in [0.2, 0.25) is 0 Å². The maximum absolute atomic E-state index is 12.9. The lowest BCUT2D eigenvalue weighted by molar-refractivity contribution is -0.114. The largest absolute Gasteiger partial charge is 0.493 e. The molecule has 0 radical (unpaired) electrons. The molecule has 2 aromatic carbocycles. The molecule has 8 nitrogen and oxygen atoms in total. The lowest BCUT2D eigenvalue weighted by Gasteiger charge is -2.14. The number of hydrogen-bond acceptors (Lipinski definition) is 7. The van der Waals surface area contributed by atoms with Crippen molar-refractivity contribution in [2.24, 2.45) is 0 Å². The van der Waals surface area contributed by atoms with Crippen LogP contribution in [0, 0.1) is 0 Å². The number of ether oxygens (including phenoxy) is 3. The molecule has 0 spiro atoms. The molecule has 0 saturated carbocycles. The highest BCUT2D eigenvalue weighted by Gasteiger charge is 2.36. The van der Waals surface area contributed by atoms with Crippen molar-refractivity contribution < 1.29 is 28.6 Å². The number of carbonyl (C=O) groups excluding carboxylic acids is 3. The number of nitrogens with zero attached hydrogens (tertiary/aromatic N) is 1. The summed E-state index contributed by atoms with van der Waals surface area (Å²) < 4.78 is 16.0. The lowest BCUT2D eigenvalue weighted by Crippen LogP contribution is -2.27. The Bertz CT molecular complexity index is 1010. The molecule has 1 heterocycles. The minimum atomic E-state index is -0.439. The monoisotopic (exact) mass is 428 g/mol. The number of rotatable bonds is 6. The Labute approximate surface area is 177 Å². The second kappa shape index (κ2) is 8.91. The Morgan fingerprint density at radius 2 is 1.60 bits per heavy atom. The van der Waals surface area contributed by atoms with Gasteiger partial charge in [0.1, 0.15) is 0 Å². The molecule has 9 heteroatoms. The van der Waals surface area contributed by atoms with Crippen molar-refractivity contribution in [3.63, 3.8) is 0 Å². The Morgan fingerprint density at radius 3 is 2.10 bits per heavy atom. The first-order valence-electron chi connectivity index (χ1n) is 8.83. The minimum absolute atomic E-state index is 0.206. The summed E-state index contributed by atoms with van der Waals surface area (Å²) in [6.45, 7) is 1.40. The van der Waals surface area contributed by atoms with Gasteiger partial charge in [-0.25, -0.2) is 4.90 Å². The highest BCUT2D eigenvalue weighted by atomic mass is 32.2. The van der Waals surface area contributed by atoms with Gasteiger partial charge in [-0.2, -0.15) is 0 Å². The standard InChI is InChI=1S/C21H20N2O6S/c1-12(24)22-14-5-7-15(8-6-14)23-20(25)18(30-21(23)26)11-13-9-16(27-2)19(29-4)17(10-13)28-3/h5-11H,1-4H3,(H,22,24)/b18-11-. The fourth-order valence-corrected chi connectivity index (χ4v) is 3.76. The Balaban J connectivity index is 1.91. The van der Waals surface area contributed by atoms with Crippen LogP contribution in [0.15, 0.2) is 41.3 Å². The molecule has 2 aromatic rings. The Morgan fingerprint density at radius 1 is 1.00 bits per heavy atom. The first-order chi connectivity index (χ1) is 14.4. The number of anilines is 2. The average Bonchev–Trinajstić information content (AvgIpc) is 3.00. The van der Waals surface area contributed by atoms with Gasteiger partial charge in [-0.15, -0.1) is 0 Å². The molecule has 0 bridgehead atoms. The third kappa shape index (κ3) is 4.25. The zero-order valence-electron chi connectivity index (χ0n) is 16.8. The molecule has 1 fully saturated rings. The topological polar surface area (TPSA) is 94.2 Å². The molecule has 1 aliphatic heterocycles. The van der Waals surface area contributed by atoms with Gasteiger partial charge in [0, 0.05) is 12.6 Å². The molecule has 3 amide bonds. The number of nitrogens with one attached hydrogen (secondary N) is 1. The molecule has 0 atom stereocenters. The molecule has 1 N–H and O–H groups in total. The van der Waals surface area contributed by atoms with Gasteiger partial charge in [0.05, 0.1) is 31.9 Å². The van der Waals surface area contributed by atoms with Crippen LogP contribution in [0.3, 0.4) is 0 Å². The van der Waals surface area contributed by atoms with E-state index in [1.54, 1.807) is 42.5 Å². The van der Waals surface area contributed by atoms with Crippen LogP contribution in [0.1, 0.15) is 12.5 Å². The van der Waals surface area contributed by atoms with Gasteiger partial charge in [0.2, 0.25) is 11.7 Å². The number of hydrogen-bond donors (Lipinski definition) is 1. The molecular formula is C21H20N2O6S. The van der Waals surface area contributed by atoms with Crippen molar-refractivity contribution in [1.29, 1.82) is 0 Å². The molecule has 0 aliphatic carbocycles. The molecule has 3 rings (SSSR count). The van der Waals surface area contributed by atoms with Crippen molar-refractivity contribution in [2.45, 2.75) is 6.92 Å². The average molecular weight is 428 g/mol. The van der Waals surface area contributed by atoms with Gasteiger partial charge < -0.3 is 19.5 Å². The minimum Gasteiger partial charge on any atom is -0.493 e. The zero-order chi connectivity index (χ0) is 21.8. The van der Waals surface area contributed by atoms with Crippen LogP contribution >= 0.6 is 11.8 Å². The predicted molar refractivity (Wildman–Crippen MR) is 115 cm³/mol. The fourth-order valence-electron chi connectivity index (χ4n) is 2.92. The van der Waals surface area contributed by atoms with E-state index in [0.717, 1.165) is 16.7 Å². The van der Waals surface area contributed by atoms with E-state index in [9.17, 15) is 14.4 Å². The summed E-state index contributed by atoms with van der Waals surface area (Å²) in [4.78, 5) is 37.9. The van der Waals surface area contributed by atoms with E-state index in [0.29, 0.717) is 34.2 Å². The van der Waals surface area contributed by atoms with E-state index in [-0.39, 0.29) is 10.8 Å². The number of thioether (sulfide) groups is 1. The maximum Gasteiger partial charge on any atom is 0.298 e. The summed E-state index contributed by atoms with van der Waals surface area (Å²) in [6.07, 6.45) is 1.60. The maximum atomic E-state index is 12.9. The molecule has 1 saturated heterocycles. The molecular weight excluding hydrogens is 408 g/mol. The van der Waals surface area contributed by atoms with E-state index in [1.807, 2.05) is 0 Å². The van der Waals surface area contributed by atoms with Crippen molar-refractivity contribution in [1.82, 2.24) is 0 Å². The van der Waals surface area contributed by atoms with Gasteiger partial charge in [0.15, 0.2) is 11.5 Å². The Hall–Kier alpha value is -3.46. The second-order valence-corrected chi connectivity index (χ2v) is 7.20. The highest BCUT2D eigenvalue weighted by Crippen LogP contribution is 2.41. The van der Waals surface area contributed by atoms with E-state index < -0.39 is 11.1 Å². The van der Waals surface area contributed by atoms with Crippen molar-refractivity contribution in [3.8, 4) is 17.2 Å². The van der Waals surface area contributed by atoms with Crippen LogP contribution in [0.4, 0.5) is 16.2 Å². The first-order valence-corrected chi connectivity index (χ1v) is 9.65. The summed E-state index contributed by atoms with van der Waals surface area (Å²) in [6, 6.07) is 9.84. The molecule has 30 heavy (non-hydrogen) atoms. The van der Waals surface area contributed by atoms with Crippen LogP contribution < -0.4 is 24.4 Å². The normalized spacial score (nSPS) is 14.8. The summed E-state index contributed by atoms with van der Waals surface area (Å²) in [5.74, 6) is 0.671. The van der Waals surface area contributed by atoms with Gasteiger partial charge >= 0.3 is 0 Å². The van der Waals surface area contributed by atoms with Gasteiger partial charge in [-0.05, 0) is 59.8 Å². The van der Waals surface area contributed by atoms with E-state index in [4.69, 9.17) is 14.2 Å². The van der Waals surface area contributed by atoms with Gasteiger partial charge in [0.25, 0.3) is 11.1 Å². The van der Waals surface area contributed by atoms with E-state index >= 15 is 0 Å². The Kier molecular flexibility index (Phi) is 6.31. The quantitative estimate of drug-likeness (QED) is 0.697. The predicted octanol–water partition coefficient (Wildman–Crippen LogP) is 3.91. The third-order valence-corrected chi connectivity index (χ3v) is 5.09. The zero-order valence-corrected chi connectivity index (χ0v) is 17.7. The van der Waals surface area contributed by atoms with Crippen LogP contribution in [0.5, 0.6) is 17.2 Å². The van der Waals surface area contributed by atoms with Crippen molar-refractivity contribution in [3.05, 3.63) is 46.9 Å². The lowest BCUT2D eigenvalue weighted by atomic mass is 10.1. The van der Waals surface area contributed by atoms with Crippen LogP contribution in [0.25, 0.3) is 6.08 Å². The fraction of sp³-hybridized carbons (Fsp3) is 0.190. The molecule has 0 aromatic heterocycles. The van der Waals surface area contributed by atoms with Crippen LogP contribution in [-0.2, 0) is 9.59 Å². The summed E-state index contributed by atoms with van der Waals surface area (Å²) in [5, 5.41) is 2.23. The number of carbonyl (C=O) groups is 3. The van der Waals surface area contributed by atoms with Gasteiger partial charge in [-0.1, -0.05) is 0 Å². The number of methoxy groups -OCH3 is 3. The summed E-state index contributed by atoms with van der Waals surface area (Å²) in [7, 11) is 4.50. The summed E-state index contributed by atoms with van der Waals surface area (Å²) in [5.41, 5.74) is 1.61. The smallest absolute Gasteiger partial charge is 0.298 e. The number of amides is 3. The SMILES string of the molecule is COc1cc(/C=C2\SC(=O)N(c3ccc(NC(C)=O)cc3)C2=O)cc(OC)c1OC. The van der Waals surface area contributed by atoms with E-state index in [1.165, 1.54) is 28.3 Å². The van der Waals surface area contributed by atoms with Crippen LogP contribution in [-0.4, -0.2) is 38.4 Å². The molecule has 156 valence electrons. The molecule has 1 aliphatic rings. The third-order valence-electron chi connectivity index (χ3n) is 4.22. The van der Waals surface area contributed by atoms with Crippen molar-refractivity contribution in [2.75, 3.05) is 31.5 Å². The van der Waals surface area contributed by atoms with Crippen molar-refractivity contribution >= 4 is 46.3 Å². The number of imide groups is 1. The van der Waals surface area contributed by atoms with Gasteiger partial charge in [-0.3, -0.25) is 14.4 Å².